The summed E-state index contributed by atoms with van der Waals surface area (Å²) < 4.78 is 5.48. The van der Waals surface area contributed by atoms with Gasteiger partial charge in [0.05, 0.1) is 6.26 Å². The molecule has 0 amide bonds. The first-order valence-corrected chi connectivity index (χ1v) is 3.05. The van der Waals surface area contributed by atoms with Gasteiger partial charge in [0.2, 0.25) is 0 Å². The zero-order chi connectivity index (χ0) is 5.98. The fraction of sp³-hybridized carbons (Fsp3) is 0. The van der Waals surface area contributed by atoms with E-state index in [1.807, 2.05) is 28.7 Å². The Morgan fingerprint density at radius 1 is 1.75 bits per heavy atom. The van der Waals surface area contributed by atoms with Gasteiger partial charge in [-0.15, -0.1) is 0 Å². The summed E-state index contributed by atoms with van der Waals surface area (Å²) in [5.74, 6) is 0. The van der Waals surface area contributed by atoms with Gasteiger partial charge in [-0.3, -0.25) is 0 Å². The van der Waals surface area contributed by atoms with Crippen LogP contribution in [-0.4, -0.2) is 0 Å². The topological polar surface area (TPSA) is 36.9 Å². The van der Waals surface area contributed by atoms with E-state index in [-0.39, 0.29) is 0 Å². The monoisotopic (exact) mass is 219 g/mol. The van der Waals surface area contributed by atoms with E-state index in [9.17, 15) is 0 Å². The molecule has 0 fully saturated rings. The van der Waals surface area contributed by atoms with Gasteiger partial charge >= 0.3 is 0 Å². The highest BCUT2D eigenvalue weighted by atomic mass is 127. The molecule has 0 spiro atoms. The molecule has 0 N–H and O–H groups in total. The standard InChI is InChI=1S/C5H2INO/c6-5-4(3-7)1-2-8-5/h1-2H. The molecule has 2 nitrogen and oxygen atoms in total. The number of furan rings is 1. The molecule has 0 bridgehead atoms. The van der Waals surface area contributed by atoms with E-state index in [0.717, 1.165) is 0 Å². The van der Waals surface area contributed by atoms with Gasteiger partial charge < -0.3 is 4.42 Å². The van der Waals surface area contributed by atoms with Crippen LogP contribution in [0.25, 0.3) is 0 Å². The lowest BCUT2D eigenvalue weighted by Gasteiger charge is -1.74. The van der Waals surface area contributed by atoms with Crippen LogP contribution in [0.4, 0.5) is 0 Å². The third-order valence-electron chi connectivity index (χ3n) is 0.738. The van der Waals surface area contributed by atoms with Gasteiger partial charge in [0.15, 0.2) is 3.77 Å². The predicted octanol–water partition coefficient (Wildman–Crippen LogP) is 1.76. The molecule has 40 valence electrons. The van der Waals surface area contributed by atoms with Crippen LogP contribution >= 0.6 is 22.6 Å². The highest BCUT2D eigenvalue weighted by Crippen LogP contribution is 2.10. The average molecular weight is 219 g/mol. The van der Waals surface area contributed by atoms with Crippen molar-refractivity contribution in [3.8, 4) is 6.07 Å². The molecular formula is C5H2INO. The van der Waals surface area contributed by atoms with E-state index in [4.69, 9.17) is 9.68 Å². The largest absolute Gasteiger partial charge is 0.457 e. The second-order valence-electron chi connectivity index (χ2n) is 1.22. The molecule has 0 atom stereocenters. The summed E-state index contributed by atoms with van der Waals surface area (Å²) in [6, 6.07) is 3.61. The first-order chi connectivity index (χ1) is 3.84. The van der Waals surface area contributed by atoms with Crippen LogP contribution in [-0.2, 0) is 0 Å². The summed E-state index contributed by atoms with van der Waals surface area (Å²) in [5, 5.41) is 8.29. The Labute approximate surface area is 60.2 Å². The maximum atomic E-state index is 8.29. The average Bonchev–Trinajstić information content (AvgIpc) is 2.14. The Morgan fingerprint density at radius 2 is 2.50 bits per heavy atom. The lowest BCUT2D eigenvalue weighted by Crippen LogP contribution is -1.66. The molecular weight excluding hydrogens is 217 g/mol. The number of hydrogen-bond donors (Lipinski definition) is 0. The number of hydrogen-bond acceptors (Lipinski definition) is 2. The molecule has 3 heteroatoms. The van der Waals surface area contributed by atoms with E-state index in [2.05, 4.69) is 0 Å². The number of halogens is 1. The number of nitriles is 1. The first-order valence-electron chi connectivity index (χ1n) is 1.97. The summed E-state index contributed by atoms with van der Waals surface area (Å²) in [6.07, 6.45) is 1.50. The third kappa shape index (κ3) is 0.842. The molecule has 0 aliphatic carbocycles. The molecule has 0 saturated carbocycles. The number of nitrogens with zero attached hydrogens (tertiary/aromatic N) is 1. The normalized spacial score (nSPS) is 8.50. The van der Waals surface area contributed by atoms with Crippen molar-refractivity contribution in [2.24, 2.45) is 0 Å². The minimum absolute atomic E-state index is 0.602. The van der Waals surface area contributed by atoms with Crippen LogP contribution in [0.15, 0.2) is 16.7 Å². The van der Waals surface area contributed by atoms with Gasteiger partial charge in [0, 0.05) is 22.6 Å². The van der Waals surface area contributed by atoms with E-state index in [0.29, 0.717) is 9.33 Å². The van der Waals surface area contributed by atoms with Crippen molar-refractivity contribution in [1.82, 2.24) is 0 Å². The molecule has 0 aromatic carbocycles. The zero-order valence-electron chi connectivity index (χ0n) is 3.89. The highest BCUT2D eigenvalue weighted by molar-refractivity contribution is 14.1. The van der Waals surface area contributed by atoms with E-state index in [1.165, 1.54) is 6.26 Å². The van der Waals surface area contributed by atoms with Gasteiger partial charge in [-0.05, 0) is 6.07 Å². The van der Waals surface area contributed by atoms with Crippen LogP contribution in [0, 0.1) is 15.1 Å². The zero-order valence-corrected chi connectivity index (χ0v) is 6.05. The van der Waals surface area contributed by atoms with Gasteiger partial charge in [0.25, 0.3) is 0 Å². The predicted molar refractivity (Wildman–Crippen MR) is 36.1 cm³/mol. The third-order valence-corrected chi connectivity index (χ3v) is 1.57. The minimum Gasteiger partial charge on any atom is -0.457 e. The maximum absolute atomic E-state index is 8.29. The van der Waals surface area contributed by atoms with E-state index >= 15 is 0 Å². The highest BCUT2D eigenvalue weighted by Gasteiger charge is 1.97. The minimum atomic E-state index is 0.602. The lowest BCUT2D eigenvalue weighted by atomic mass is 10.4. The molecule has 0 aliphatic heterocycles. The first kappa shape index (κ1) is 5.63. The summed E-state index contributed by atoms with van der Waals surface area (Å²) >= 11 is 1.97. The Balaban J connectivity index is 3.15. The Hall–Kier alpha value is -0.500. The Bertz CT molecular complexity index is 223. The van der Waals surface area contributed by atoms with Crippen LogP contribution in [0.1, 0.15) is 5.56 Å². The molecule has 0 unspecified atom stereocenters. The smallest absolute Gasteiger partial charge is 0.181 e. The molecule has 0 radical (unpaired) electrons. The second kappa shape index (κ2) is 2.18. The molecule has 1 aromatic heterocycles. The Morgan fingerprint density at radius 3 is 2.75 bits per heavy atom. The summed E-state index contributed by atoms with van der Waals surface area (Å²) in [7, 11) is 0. The SMILES string of the molecule is N#Cc1ccoc1I. The molecule has 1 rings (SSSR count). The molecule has 8 heavy (non-hydrogen) atoms. The summed E-state index contributed by atoms with van der Waals surface area (Å²) in [5.41, 5.74) is 0.602. The fourth-order valence-corrected chi connectivity index (χ4v) is 0.819. The fourth-order valence-electron chi connectivity index (χ4n) is 0.372. The van der Waals surface area contributed by atoms with Crippen LogP contribution in [0.3, 0.4) is 0 Å². The quantitative estimate of drug-likeness (QED) is 0.623. The molecule has 1 aromatic rings. The van der Waals surface area contributed by atoms with Crippen molar-refractivity contribution in [3.63, 3.8) is 0 Å². The van der Waals surface area contributed by atoms with E-state index in [1.54, 1.807) is 6.07 Å². The maximum Gasteiger partial charge on any atom is 0.181 e. The second-order valence-corrected chi connectivity index (χ2v) is 2.20. The van der Waals surface area contributed by atoms with Crippen LogP contribution < -0.4 is 0 Å². The summed E-state index contributed by atoms with van der Waals surface area (Å²) in [6.45, 7) is 0. The van der Waals surface area contributed by atoms with Crippen molar-refractivity contribution >= 4 is 22.6 Å². The molecule has 1 heterocycles. The van der Waals surface area contributed by atoms with Crippen molar-refractivity contribution < 1.29 is 4.42 Å². The van der Waals surface area contributed by atoms with Gasteiger partial charge in [-0.1, -0.05) is 0 Å². The van der Waals surface area contributed by atoms with Crippen LogP contribution in [0.5, 0.6) is 0 Å². The summed E-state index contributed by atoms with van der Waals surface area (Å²) in [4.78, 5) is 0. The van der Waals surface area contributed by atoms with Crippen molar-refractivity contribution in [1.29, 1.82) is 5.26 Å². The number of rotatable bonds is 0. The Kier molecular flexibility index (Phi) is 1.53. The van der Waals surface area contributed by atoms with Crippen molar-refractivity contribution in [2.45, 2.75) is 0 Å². The molecule has 0 aliphatic rings. The van der Waals surface area contributed by atoms with Gasteiger partial charge in [-0.25, -0.2) is 0 Å². The van der Waals surface area contributed by atoms with Crippen molar-refractivity contribution in [3.05, 3.63) is 21.7 Å². The van der Waals surface area contributed by atoms with Crippen molar-refractivity contribution in [2.75, 3.05) is 0 Å². The van der Waals surface area contributed by atoms with Crippen LogP contribution in [0.2, 0.25) is 0 Å². The lowest BCUT2D eigenvalue weighted by molar-refractivity contribution is 0.537. The molecule has 0 saturated heterocycles. The van der Waals surface area contributed by atoms with Gasteiger partial charge in [0.1, 0.15) is 11.6 Å². The van der Waals surface area contributed by atoms with Gasteiger partial charge in [-0.2, -0.15) is 5.26 Å². The van der Waals surface area contributed by atoms with E-state index < -0.39 is 0 Å².